The van der Waals surface area contributed by atoms with Gasteiger partial charge < -0.3 is 15.1 Å². The number of amides is 1. The number of aliphatic hydroxyl groups excluding tert-OH is 1. The number of rotatable bonds is 5. The van der Waals surface area contributed by atoms with Crippen LogP contribution in [0.4, 0.5) is 0 Å². The number of nitrogens with zero attached hydrogens (tertiary/aromatic N) is 3. The van der Waals surface area contributed by atoms with Crippen LogP contribution in [0.1, 0.15) is 49.7 Å². The van der Waals surface area contributed by atoms with Crippen LogP contribution in [0.2, 0.25) is 5.02 Å². The third kappa shape index (κ3) is 5.14. The van der Waals surface area contributed by atoms with Crippen LogP contribution in [-0.2, 0) is 5.41 Å². The SMILES string of the molecule is CC1(O)CCN(C(=O)c2ccc(-c3cncc(-c4ccnc(C(C)(C)CO)c4)c3)c(Cl)c2)CC1. The number of pyridine rings is 2. The molecule has 0 spiro atoms. The molecule has 3 aromatic rings. The Hall–Kier alpha value is -2.80. The zero-order chi connectivity index (χ0) is 24.5. The van der Waals surface area contributed by atoms with Gasteiger partial charge in [-0.1, -0.05) is 31.5 Å². The molecule has 1 amide bonds. The average Bonchev–Trinajstić information content (AvgIpc) is 2.83. The van der Waals surface area contributed by atoms with Crippen molar-refractivity contribution in [1.82, 2.24) is 14.9 Å². The summed E-state index contributed by atoms with van der Waals surface area (Å²) >= 11 is 6.62. The van der Waals surface area contributed by atoms with E-state index in [-0.39, 0.29) is 12.5 Å². The Morgan fingerprint density at radius 3 is 2.47 bits per heavy atom. The van der Waals surface area contributed by atoms with Gasteiger partial charge in [-0.25, -0.2) is 0 Å². The first-order chi connectivity index (χ1) is 16.1. The number of piperidine rings is 1. The molecular formula is C27H30ClN3O3. The van der Waals surface area contributed by atoms with E-state index >= 15 is 0 Å². The molecule has 0 bridgehead atoms. The van der Waals surface area contributed by atoms with Gasteiger partial charge in [0, 0.05) is 70.1 Å². The number of hydrogen-bond donors (Lipinski definition) is 2. The number of carbonyl (C=O) groups excluding carboxylic acids is 1. The first-order valence-corrected chi connectivity index (χ1v) is 11.8. The summed E-state index contributed by atoms with van der Waals surface area (Å²) in [5.74, 6) is -0.0772. The number of likely N-dealkylation sites (tertiary alicyclic amines) is 1. The van der Waals surface area contributed by atoms with Crippen molar-refractivity contribution in [1.29, 1.82) is 0 Å². The van der Waals surface area contributed by atoms with E-state index in [0.717, 1.165) is 27.9 Å². The van der Waals surface area contributed by atoms with Crippen LogP contribution >= 0.6 is 11.6 Å². The van der Waals surface area contributed by atoms with E-state index in [9.17, 15) is 15.0 Å². The van der Waals surface area contributed by atoms with Crippen LogP contribution in [0.25, 0.3) is 22.3 Å². The van der Waals surface area contributed by atoms with Crippen molar-refractivity contribution in [2.45, 2.75) is 44.6 Å². The Bertz CT molecular complexity index is 1200. The maximum absolute atomic E-state index is 12.9. The fraction of sp³-hybridized carbons (Fsp3) is 0.370. The molecule has 1 aliphatic rings. The van der Waals surface area contributed by atoms with Crippen LogP contribution in [0.3, 0.4) is 0 Å². The van der Waals surface area contributed by atoms with Crippen molar-refractivity contribution in [3.8, 4) is 22.3 Å². The van der Waals surface area contributed by atoms with Gasteiger partial charge in [0.1, 0.15) is 0 Å². The fourth-order valence-corrected chi connectivity index (χ4v) is 4.35. The van der Waals surface area contributed by atoms with Crippen molar-refractivity contribution in [3.63, 3.8) is 0 Å². The summed E-state index contributed by atoms with van der Waals surface area (Å²) in [4.78, 5) is 23.5. The first-order valence-electron chi connectivity index (χ1n) is 11.4. The Morgan fingerprint density at radius 2 is 1.79 bits per heavy atom. The minimum absolute atomic E-state index is 0.000829. The number of aliphatic hydroxyl groups is 2. The Balaban J connectivity index is 1.59. The molecular weight excluding hydrogens is 450 g/mol. The number of halogens is 1. The zero-order valence-corrected chi connectivity index (χ0v) is 20.5. The number of benzene rings is 1. The lowest BCUT2D eigenvalue weighted by atomic mass is 9.88. The van der Waals surface area contributed by atoms with Gasteiger partial charge in [-0.15, -0.1) is 0 Å². The second-order valence-electron chi connectivity index (χ2n) is 9.92. The van der Waals surface area contributed by atoms with Crippen molar-refractivity contribution in [3.05, 3.63) is 71.3 Å². The molecule has 2 N–H and O–H groups in total. The molecule has 1 saturated heterocycles. The third-order valence-electron chi connectivity index (χ3n) is 6.58. The van der Waals surface area contributed by atoms with Gasteiger partial charge in [-0.05, 0) is 55.7 Å². The van der Waals surface area contributed by atoms with E-state index in [4.69, 9.17) is 11.6 Å². The van der Waals surface area contributed by atoms with Gasteiger partial charge in [-0.3, -0.25) is 14.8 Å². The normalized spacial score (nSPS) is 15.9. The molecule has 34 heavy (non-hydrogen) atoms. The molecule has 178 valence electrons. The highest BCUT2D eigenvalue weighted by Gasteiger charge is 2.30. The summed E-state index contributed by atoms with van der Waals surface area (Å²) in [5.41, 5.74) is 3.67. The van der Waals surface area contributed by atoms with E-state index in [0.29, 0.717) is 36.5 Å². The van der Waals surface area contributed by atoms with E-state index in [1.165, 1.54) is 0 Å². The lowest BCUT2D eigenvalue weighted by molar-refractivity contribution is -0.00202. The highest BCUT2D eigenvalue weighted by atomic mass is 35.5. The lowest BCUT2D eigenvalue weighted by Crippen LogP contribution is -2.45. The van der Waals surface area contributed by atoms with E-state index in [2.05, 4.69) is 9.97 Å². The van der Waals surface area contributed by atoms with E-state index in [1.54, 1.807) is 35.6 Å². The summed E-state index contributed by atoms with van der Waals surface area (Å²) in [5, 5.41) is 20.3. The highest BCUT2D eigenvalue weighted by Crippen LogP contribution is 2.33. The maximum atomic E-state index is 12.9. The molecule has 0 aliphatic carbocycles. The van der Waals surface area contributed by atoms with Gasteiger partial charge in [-0.2, -0.15) is 0 Å². The Labute approximate surface area is 205 Å². The smallest absolute Gasteiger partial charge is 0.253 e. The Kier molecular flexibility index (Phi) is 6.76. The van der Waals surface area contributed by atoms with Crippen LogP contribution in [0.5, 0.6) is 0 Å². The van der Waals surface area contributed by atoms with Crippen molar-refractivity contribution in [2.24, 2.45) is 0 Å². The number of hydrogen-bond acceptors (Lipinski definition) is 5. The molecule has 1 fully saturated rings. The molecule has 7 heteroatoms. The van der Waals surface area contributed by atoms with Crippen LogP contribution in [0.15, 0.2) is 55.0 Å². The van der Waals surface area contributed by atoms with Crippen LogP contribution in [-0.4, -0.2) is 56.3 Å². The zero-order valence-electron chi connectivity index (χ0n) is 19.8. The summed E-state index contributed by atoms with van der Waals surface area (Å²) in [7, 11) is 0. The second kappa shape index (κ2) is 9.45. The highest BCUT2D eigenvalue weighted by molar-refractivity contribution is 6.33. The van der Waals surface area contributed by atoms with Gasteiger partial charge in [0.05, 0.1) is 12.2 Å². The standard InChI is InChI=1S/C27H30ClN3O3/c1-26(2,17-32)24-14-18(6-9-30-24)20-12-21(16-29-15-20)22-5-4-19(13-23(22)28)25(33)31-10-7-27(3,34)8-11-31/h4-6,9,12-16,32,34H,7-8,10-11,17H2,1-3H3. The molecule has 0 atom stereocenters. The van der Waals surface area contributed by atoms with Crippen LogP contribution in [0, 0.1) is 0 Å². The molecule has 4 rings (SSSR count). The lowest BCUT2D eigenvalue weighted by Gasteiger charge is -2.35. The molecule has 0 saturated carbocycles. The summed E-state index contributed by atoms with van der Waals surface area (Å²) in [6.07, 6.45) is 6.40. The minimum Gasteiger partial charge on any atom is -0.395 e. The Morgan fingerprint density at radius 1 is 1.09 bits per heavy atom. The van der Waals surface area contributed by atoms with Gasteiger partial charge in [0.15, 0.2) is 0 Å². The minimum atomic E-state index is -0.709. The molecule has 1 aromatic carbocycles. The number of aromatic nitrogens is 2. The summed E-state index contributed by atoms with van der Waals surface area (Å²) in [6, 6.07) is 11.2. The maximum Gasteiger partial charge on any atom is 0.253 e. The molecule has 2 aromatic heterocycles. The average molecular weight is 480 g/mol. The van der Waals surface area contributed by atoms with Gasteiger partial charge >= 0.3 is 0 Å². The molecule has 0 radical (unpaired) electrons. The predicted molar refractivity (Wildman–Crippen MR) is 134 cm³/mol. The monoisotopic (exact) mass is 479 g/mol. The predicted octanol–water partition coefficient (Wildman–Crippen LogP) is 4.72. The summed E-state index contributed by atoms with van der Waals surface area (Å²) in [6.45, 7) is 6.75. The topological polar surface area (TPSA) is 86.5 Å². The quantitative estimate of drug-likeness (QED) is 0.553. The fourth-order valence-electron chi connectivity index (χ4n) is 4.06. The van der Waals surface area contributed by atoms with Crippen molar-refractivity contribution < 1.29 is 15.0 Å². The molecule has 1 aliphatic heterocycles. The molecule has 3 heterocycles. The van der Waals surface area contributed by atoms with Crippen molar-refractivity contribution in [2.75, 3.05) is 19.7 Å². The molecule has 0 unspecified atom stereocenters. The second-order valence-corrected chi connectivity index (χ2v) is 10.3. The van der Waals surface area contributed by atoms with Crippen molar-refractivity contribution >= 4 is 17.5 Å². The first kappa shape index (κ1) is 24.3. The third-order valence-corrected chi connectivity index (χ3v) is 6.89. The van der Waals surface area contributed by atoms with Crippen LogP contribution < -0.4 is 0 Å². The summed E-state index contributed by atoms with van der Waals surface area (Å²) < 4.78 is 0. The number of carbonyl (C=O) groups is 1. The largest absolute Gasteiger partial charge is 0.395 e. The molecule has 6 nitrogen and oxygen atoms in total. The van der Waals surface area contributed by atoms with E-state index in [1.807, 2.05) is 45.0 Å². The van der Waals surface area contributed by atoms with Gasteiger partial charge in [0.25, 0.3) is 5.91 Å². The van der Waals surface area contributed by atoms with E-state index < -0.39 is 11.0 Å². The van der Waals surface area contributed by atoms with Gasteiger partial charge in [0.2, 0.25) is 0 Å².